The van der Waals surface area contributed by atoms with Crippen LogP contribution in [0.3, 0.4) is 0 Å². The van der Waals surface area contributed by atoms with Crippen molar-refractivity contribution in [1.29, 1.82) is 0 Å². The van der Waals surface area contributed by atoms with E-state index in [1.807, 2.05) is 72.5 Å². The zero-order chi connectivity index (χ0) is 25.5. The number of piperidine rings is 1. The van der Waals surface area contributed by atoms with Gasteiger partial charge >= 0.3 is 0 Å². The second kappa shape index (κ2) is 11.6. The number of anilines is 1. The first-order chi connectivity index (χ1) is 17.4. The summed E-state index contributed by atoms with van der Waals surface area (Å²) in [4.78, 5) is 45.2. The standard InChI is InChI=1S/C29H38N4O3/c1-3-4-7-16-27(35)31-19-17-29(18-20-31)28(36)32(22-33(29)25-14-10-6-11-15-25)21-26(34)30-23(2)24-12-8-5-9-13-24/h5-6,8-15,23H,3-4,7,16-22H2,1-2H3,(H,30,34). The topological polar surface area (TPSA) is 73.0 Å². The monoisotopic (exact) mass is 490 g/mol. The summed E-state index contributed by atoms with van der Waals surface area (Å²) < 4.78 is 0. The summed E-state index contributed by atoms with van der Waals surface area (Å²) in [7, 11) is 0. The molecule has 36 heavy (non-hydrogen) atoms. The van der Waals surface area contributed by atoms with Crippen molar-refractivity contribution in [2.45, 2.75) is 64.0 Å². The fourth-order valence-corrected chi connectivity index (χ4v) is 5.42. The van der Waals surface area contributed by atoms with Gasteiger partial charge in [0.2, 0.25) is 11.8 Å². The second-order valence-electron chi connectivity index (χ2n) is 9.98. The average molecular weight is 491 g/mol. The van der Waals surface area contributed by atoms with Crippen molar-refractivity contribution in [3.05, 3.63) is 66.2 Å². The number of rotatable bonds is 9. The molecule has 0 saturated carbocycles. The number of hydrogen-bond donors (Lipinski definition) is 1. The maximum absolute atomic E-state index is 13.8. The summed E-state index contributed by atoms with van der Waals surface area (Å²) in [5.74, 6) is -0.0126. The SMILES string of the molecule is CCCCCC(=O)N1CCC2(CC1)C(=O)N(CC(=O)NC(C)c1ccccc1)CN2c1ccccc1. The Bertz CT molecular complexity index is 1030. The summed E-state index contributed by atoms with van der Waals surface area (Å²) in [6.45, 7) is 5.58. The van der Waals surface area contributed by atoms with Crippen LogP contribution in [0, 0.1) is 0 Å². The number of nitrogens with zero attached hydrogens (tertiary/aromatic N) is 3. The third-order valence-electron chi connectivity index (χ3n) is 7.53. The fourth-order valence-electron chi connectivity index (χ4n) is 5.42. The second-order valence-corrected chi connectivity index (χ2v) is 9.98. The highest BCUT2D eigenvalue weighted by Crippen LogP contribution is 2.39. The average Bonchev–Trinajstić information content (AvgIpc) is 3.16. The summed E-state index contributed by atoms with van der Waals surface area (Å²) in [6, 6.07) is 19.6. The van der Waals surface area contributed by atoms with Gasteiger partial charge in [-0.15, -0.1) is 0 Å². The van der Waals surface area contributed by atoms with Crippen molar-refractivity contribution in [2.75, 3.05) is 31.2 Å². The van der Waals surface area contributed by atoms with Gasteiger partial charge in [0.1, 0.15) is 12.1 Å². The van der Waals surface area contributed by atoms with E-state index in [2.05, 4.69) is 17.1 Å². The highest BCUT2D eigenvalue weighted by molar-refractivity contribution is 5.96. The Morgan fingerprint density at radius 3 is 2.25 bits per heavy atom. The van der Waals surface area contributed by atoms with Gasteiger partial charge in [-0.3, -0.25) is 14.4 Å². The number of carbonyl (C=O) groups excluding carboxylic acids is 3. The molecule has 7 nitrogen and oxygen atoms in total. The van der Waals surface area contributed by atoms with E-state index in [0.29, 0.717) is 39.0 Å². The van der Waals surface area contributed by atoms with E-state index < -0.39 is 5.54 Å². The summed E-state index contributed by atoms with van der Waals surface area (Å²) in [6.07, 6.45) is 4.77. The molecule has 0 aliphatic carbocycles. The van der Waals surface area contributed by atoms with Crippen LogP contribution in [0.1, 0.15) is 64.0 Å². The Kier molecular flexibility index (Phi) is 8.28. The van der Waals surface area contributed by atoms with Crippen LogP contribution in [0.5, 0.6) is 0 Å². The number of hydrogen-bond acceptors (Lipinski definition) is 4. The molecule has 2 aromatic carbocycles. The molecular formula is C29H38N4O3. The quantitative estimate of drug-likeness (QED) is 0.537. The van der Waals surface area contributed by atoms with Gasteiger partial charge in [-0.1, -0.05) is 68.3 Å². The van der Waals surface area contributed by atoms with Gasteiger partial charge in [0.25, 0.3) is 5.91 Å². The normalized spacial score (nSPS) is 17.9. The summed E-state index contributed by atoms with van der Waals surface area (Å²) in [5.41, 5.74) is 1.26. The van der Waals surface area contributed by atoms with Crippen molar-refractivity contribution in [2.24, 2.45) is 0 Å². The molecule has 2 aliphatic heterocycles. The first-order valence-electron chi connectivity index (χ1n) is 13.2. The molecule has 1 atom stereocenters. The molecule has 2 aromatic rings. The number of carbonyl (C=O) groups is 3. The van der Waals surface area contributed by atoms with Crippen LogP contribution in [-0.2, 0) is 14.4 Å². The molecule has 1 unspecified atom stereocenters. The largest absolute Gasteiger partial charge is 0.348 e. The van der Waals surface area contributed by atoms with Crippen molar-refractivity contribution in [1.82, 2.24) is 15.1 Å². The van der Waals surface area contributed by atoms with E-state index in [4.69, 9.17) is 0 Å². The predicted octanol–water partition coefficient (Wildman–Crippen LogP) is 4.11. The van der Waals surface area contributed by atoms with Gasteiger partial charge < -0.3 is 20.0 Å². The van der Waals surface area contributed by atoms with Crippen molar-refractivity contribution >= 4 is 23.4 Å². The zero-order valence-electron chi connectivity index (χ0n) is 21.5. The molecule has 7 heteroatoms. The minimum absolute atomic E-state index is 0.0146. The Morgan fingerprint density at radius 2 is 1.61 bits per heavy atom. The van der Waals surface area contributed by atoms with Crippen LogP contribution in [-0.4, -0.2) is 59.4 Å². The van der Waals surface area contributed by atoms with Gasteiger partial charge in [0, 0.05) is 25.2 Å². The molecule has 2 aliphatic rings. The maximum Gasteiger partial charge on any atom is 0.250 e. The highest BCUT2D eigenvalue weighted by Gasteiger charge is 2.54. The number of nitrogens with one attached hydrogen (secondary N) is 1. The lowest BCUT2D eigenvalue weighted by molar-refractivity contribution is -0.140. The molecule has 2 saturated heterocycles. The van der Waals surface area contributed by atoms with Gasteiger partial charge in [-0.25, -0.2) is 0 Å². The molecule has 2 heterocycles. The zero-order valence-corrected chi connectivity index (χ0v) is 21.5. The lowest BCUT2D eigenvalue weighted by Crippen LogP contribution is -2.57. The van der Waals surface area contributed by atoms with Crippen molar-refractivity contribution < 1.29 is 14.4 Å². The lowest BCUT2D eigenvalue weighted by atomic mass is 9.85. The van der Waals surface area contributed by atoms with E-state index in [-0.39, 0.29) is 30.3 Å². The number of amides is 3. The Hall–Kier alpha value is -3.35. The van der Waals surface area contributed by atoms with E-state index in [1.165, 1.54) is 0 Å². The molecule has 3 amide bonds. The van der Waals surface area contributed by atoms with E-state index in [0.717, 1.165) is 30.5 Å². The van der Waals surface area contributed by atoms with Crippen LogP contribution in [0.25, 0.3) is 0 Å². The molecular weight excluding hydrogens is 452 g/mol. The highest BCUT2D eigenvalue weighted by atomic mass is 16.2. The van der Waals surface area contributed by atoms with E-state index in [1.54, 1.807) is 4.90 Å². The third kappa shape index (κ3) is 5.55. The van der Waals surface area contributed by atoms with Gasteiger partial charge in [-0.05, 0) is 43.9 Å². The van der Waals surface area contributed by atoms with Gasteiger partial charge in [0.05, 0.1) is 12.7 Å². The number of benzene rings is 2. The number of para-hydroxylation sites is 1. The summed E-state index contributed by atoms with van der Waals surface area (Å²) >= 11 is 0. The van der Waals surface area contributed by atoms with Crippen LogP contribution in [0.15, 0.2) is 60.7 Å². The van der Waals surface area contributed by atoms with Crippen LogP contribution in [0.2, 0.25) is 0 Å². The molecule has 1 spiro atoms. The number of likely N-dealkylation sites (tertiary alicyclic amines) is 1. The molecule has 4 rings (SSSR count). The Balaban J connectivity index is 1.46. The third-order valence-corrected chi connectivity index (χ3v) is 7.53. The minimum atomic E-state index is -0.729. The molecule has 0 aromatic heterocycles. The van der Waals surface area contributed by atoms with E-state index >= 15 is 0 Å². The maximum atomic E-state index is 13.8. The van der Waals surface area contributed by atoms with Crippen LogP contribution >= 0.6 is 0 Å². The van der Waals surface area contributed by atoms with Crippen LogP contribution < -0.4 is 10.2 Å². The predicted molar refractivity (Wildman–Crippen MR) is 141 cm³/mol. The lowest BCUT2D eigenvalue weighted by Gasteiger charge is -2.43. The first kappa shape index (κ1) is 25.7. The smallest absolute Gasteiger partial charge is 0.250 e. The molecule has 0 radical (unpaired) electrons. The van der Waals surface area contributed by atoms with Crippen LogP contribution in [0.4, 0.5) is 5.69 Å². The summed E-state index contributed by atoms with van der Waals surface area (Å²) in [5, 5.41) is 3.03. The van der Waals surface area contributed by atoms with Gasteiger partial charge in [-0.2, -0.15) is 0 Å². The first-order valence-corrected chi connectivity index (χ1v) is 13.2. The van der Waals surface area contributed by atoms with Gasteiger partial charge in [0.15, 0.2) is 0 Å². The molecule has 0 bridgehead atoms. The number of unbranched alkanes of at least 4 members (excludes halogenated alkanes) is 2. The molecule has 1 N–H and O–H groups in total. The Morgan fingerprint density at radius 1 is 0.972 bits per heavy atom. The van der Waals surface area contributed by atoms with Crippen molar-refractivity contribution in [3.63, 3.8) is 0 Å². The minimum Gasteiger partial charge on any atom is -0.348 e. The molecule has 2 fully saturated rings. The van der Waals surface area contributed by atoms with Crippen molar-refractivity contribution in [3.8, 4) is 0 Å². The Labute approximate surface area is 214 Å². The van der Waals surface area contributed by atoms with E-state index in [9.17, 15) is 14.4 Å². The fraction of sp³-hybridized carbons (Fsp3) is 0.483. The molecule has 192 valence electrons.